The predicted molar refractivity (Wildman–Crippen MR) is 114 cm³/mol. The number of nitrogens with one attached hydrogen (secondary N) is 1. The first-order chi connectivity index (χ1) is 13.7. The Bertz CT molecular complexity index is 928. The van der Waals surface area contributed by atoms with Crippen LogP contribution in [0.2, 0.25) is 0 Å². The van der Waals surface area contributed by atoms with E-state index in [4.69, 9.17) is 0 Å². The van der Waals surface area contributed by atoms with Gasteiger partial charge >= 0.3 is 0 Å². The summed E-state index contributed by atoms with van der Waals surface area (Å²) in [6.07, 6.45) is 1.83. The largest absolute Gasteiger partial charge is 0.550 e. The molecular weight excluding hydrogens is 384 g/mol. The first kappa shape index (κ1) is 21.2. The van der Waals surface area contributed by atoms with Crippen molar-refractivity contribution in [1.82, 2.24) is 4.98 Å². The number of nitrogens with zero attached hydrogens (tertiary/aromatic N) is 1. The molecule has 29 heavy (non-hydrogen) atoms. The molecule has 0 spiro atoms. The number of carboxylic acids is 1. The van der Waals surface area contributed by atoms with E-state index in [1.54, 1.807) is 0 Å². The lowest BCUT2D eigenvalue weighted by Crippen LogP contribution is -2.42. The zero-order chi connectivity index (χ0) is 21.1. The molecule has 0 aliphatic heterocycles. The summed E-state index contributed by atoms with van der Waals surface area (Å²) in [5.41, 5.74) is 5.18. The van der Waals surface area contributed by atoms with Crippen molar-refractivity contribution >= 4 is 28.3 Å². The minimum absolute atomic E-state index is 0.306. The number of anilines is 1. The van der Waals surface area contributed by atoms with Gasteiger partial charge in [-0.05, 0) is 44.6 Å². The van der Waals surface area contributed by atoms with Gasteiger partial charge in [-0.2, -0.15) is 0 Å². The molecule has 1 aliphatic rings. The number of aromatic nitrogens is 1. The molecule has 5 nitrogen and oxygen atoms in total. The number of aliphatic carboxylic acids is 1. The highest BCUT2D eigenvalue weighted by Gasteiger charge is 2.33. The number of benzene rings is 1. The van der Waals surface area contributed by atoms with Gasteiger partial charge in [-0.3, -0.25) is 4.79 Å². The van der Waals surface area contributed by atoms with Gasteiger partial charge in [-0.1, -0.05) is 49.3 Å². The van der Waals surface area contributed by atoms with E-state index < -0.39 is 17.8 Å². The number of carboxylic acid groups (broad SMARTS) is 1. The fourth-order valence-electron chi connectivity index (χ4n) is 3.76. The third-order valence-electron chi connectivity index (χ3n) is 5.53. The second-order valence-electron chi connectivity index (χ2n) is 8.32. The van der Waals surface area contributed by atoms with Crippen LogP contribution in [0.15, 0.2) is 40.8 Å². The molecule has 0 saturated heterocycles. The molecule has 3 rings (SSSR count). The van der Waals surface area contributed by atoms with Gasteiger partial charge in [-0.15, -0.1) is 11.3 Å². The zero-order valence-corrected chi connectivity index (χ0v) is 18.1. The lowest BCUT2D eigenvalue weighted by atomic mass is 9.76. The van der Waals surface area contributed by atoms with Gasteiger partial charge in [0.2, 0.25) is 5.91 Å². The van der Waals surface area contributed by atoms with E-state index in [0.29, 0.717) is 23.9 Å². The van der Waals surface area contributed by atoms with Crippen LogP contribution in [0.5, 0.6) is 0 Å². The molecule has 1 N–H and O–H groups in total. The van der Waals surface area contributed by atoms with Crippen molar-refractivity contribution in [3.63, 3.8) is 0 Å². The lowest BCUT2D eigenvalue weighted by molar-refractivity contribution is -0.313. The summed E-state index contributed by atoms with van der Waals surface area (Å²) >= 11 is 1.34. The number of rotatable bonds is 6. The van der Waals surface area contributed by atoms with Gasteiger partial charge < -0.3 is 15.2 Å². The monoisotopic (exact) mass is 411 g/mol. The zero-order valence-electron chi connectivity index (χ0n) is 17.3. The van der Waals surface area contributed by atoms with Crippen LogP contribution in [0.3, 0.4) is 0 Å². The molecule has 0 fully saturated rings. The first-order valence-corrected chi connectivity index (χ1v) is 10.8. The highest BCUT2D eigenvalue weighted by molar-refractivity contribution is 7.14. The van der Waals surface area contributed by atoms with Crippen LogP contribution >= 0.6 is 11.3 Å². The SMILES string of the molecule is CC1=C(C)C[C@@H](C(=O)Nc2nc(-c3ccc(CC(C)C)cc3)cs2)[C@@H](C(=O)[O-])C1. The Labute approximate surface area is 175 Å². The van der Waals surface area contributed by atoms with E-state index in [0.717, 1.165) is 28.8 Å². The van der Waals surface area contributed by atoms with Crippen molar-refractivity contribution in [2.45, 2.75) is 47.0 Å². The fraction of sp³-hybridized carbons (Fsp3) is 0.435. The first-order valence-electron chi connectivity index (χ1n) is 9.96. The molecule has 1 aliphatic carbocycles. The molecule has 2 aromatic rings. The topological polar surface area (TPSA) is 82.1 Å². The second-order valence-corrected chi connectivity index (χ2v) is 9.18. The van der Waals surface area contributed by atoms with Crippen molar-refractivity contribution in [1.29, 1.82) is 0 Å². The summed E-state index contributed by atoms with van der Waals surface area (Å²) in [6.45, 7) is 8.25. The highest BCUT2D eigenvalue weighted by Crippen LogP contribution is 2.35. The quantitative estimate of drug-likeness (QED) is 0.727. The standard InChI is InChI=1S/C23H28N2O3S/c1-13(2)9-16-5-7-17(8-6-16)20-12-29-23(24-20)25-21(26)18-10-14(3)15(4)11-19(18)22(27)28/h5-8,12-13,18-19H,9-11H2,1-4H3,(H,27,28)(H,24,25,26)/p-1/t18-,19+/m1/s1. The molecule has 0 unspecified atom stereocenters. The second kappa shape index (κ2) is 8.91. The number of hydrogen-bond donors (Lipinski definition) is 1. The molecule has 0 bridgehead atoms. The summed E-state index contributed by atoms with van der Waals surface area (Å²) < 4.78 is 0. The van der Waals surface area contributed by atoms with Crippen molar-refractivity contribution in [2.75, 3.05) is 5.32 Å². The van der Waals surface area contributed by atoms with E-state index in [1.165, 1.54) is 16.9 Å². The molecule has 0 radical (unpaired) electrons. The van der Waals surface area contributed by atoms with Crippen molar-refractivity contribution < 1.29 is 14.7 Å². The Hall–Kier alpha value is -2.47. The molecule has 6 heteroatoms. The molecule has 1 aromatic heterocycles. The van der Waals surface area contributed by atoms with Crippen LogP contribution in [0, 0.1) is 17.8 Å². The number of carbonyl (C=O) groups is 2. The minimum atomic E-state index is -1.17. The number of thiazole rings is 1. The summed E-state index contributed by atoms with van der Waals surface area (Å²) in [7, 11) is 0. The van der Waals surface area contributed by atoms with Crippen LogP contribution in [0.25, 0.3) is 11.3 Å². The maximum absolute atomic E-state index is 12.8. The summed E-state index contributed by atoms with van der Waals surface area (Å²) in [6, 6.07) is 8.30. The van der Waals surface area contributed by atoms with E-state index in [2.05, 4.69) is 36.3 Å². The van der Waals surface area contributed by atoms with Gasteiger partial charge in [0.15, 0.2) is 5.13 Å². The van der Waals surface area contributed by atoms with Crippen molar-refractivity contribution in [3.8, 4) is 11.3 Å². The predicted octanol–water partition coefficient (Wildman–Crippen LogP) is 4.06. The summed E-state index contributed by atoms with van der Waals surface area (Å²) in [4.78, 5) is 28.8. The molecule has 2 atom stereocenters. The average molecular weight is 412 g/mol. The number of hydrogen-bond acceptors (Lipinski definition) is 5. The molecule has 1 aromatic carbocycles. The van der Waals surface area contributed by atoms with Crippen LogP contribution in [0.4, 0.5) is 5.13 Å². The molecular formula is C23H27N2O3S-. The third-order valence-corrected chi connectivity index (χ3v) is 6.29. The van der Waals surface area contributed by atoms with Gasteiger partial charge in [0, 0.05) is 22.8 Å². The fourth-order valence-corrected chi connectivity index (χ4v) is 4.48. The summed E-state index contributed by atoms with van der Waals surface area (Å²) in [5.74, 6) is -2.30. The maximum Gasteiger partial charge on any atom is 0.230 e. The van der Waals surface area contributed by atoms with Crippen LogP contribution in [0.1, 0.15) is 46.1 Å². The van der Waals surface area contributed by atoms with Crippen LogP contribution in [-0.4, -0.2) is 16.9 Å². The Balaban J connectivity index is 1.71. The smallest absolute Gasteiger partial charge is 0.230 e. The normalized spacial score (nSPS) is 19.5. The van der Waals surface area contributed by atoms with Crippen molar-refractivity contribution in [3.05, 3.63) is 46.4 Å². The molecule has 1 amide bonds. The van der Waals surface area contributed by atoms with Gasteiger partial charge in [0.25, 0.3) is 0 Å². The van der Waals surface area contributed by atoms with E-state index in [9.17, 15) is 14.7 Å². The maximum atomic E-state index is 12.8. The number of allylic oxidation sites excluding steroid dienone is 2. The molecule has 154 valence electrons. The van der Waals surface area contributed by atoms with Gasteiger partial charge in [0.05, 0.1) is 11.6 Å². The Kier molecular flexibility index (Phi) is 6.52. The van der Waals surface area contributed by atoms with Crippen LogP contribution < -0.4 is 10.4 Å². The average Bonchev–Trinajstić information content (AvgIpc) is 3.12. The van der Waals surface area contributed by atoms with E-state index in [1.807, 2.05) is 31.4 Å². The summed E-state index contributed by atoms with van der Waals surface area (Å²) in [5, 5.41) is 16.7. The van der Waals surface area contributed by atoms with E-state index in [-0.39, 0.29) is 5.91 Å². The lowest BCUT2D eigenvalue weighted by Gasteiger charge is -2.32. The van der Waals surface area contributed by atoms with E-state index >= 15 is 0 Å². The number of amides is 1. The van der Waals surface area contributed by atoms with Gasteiger partial charge in [0.1, 0.15) is 0 Å². The molecule has 0 saturated carbocycles. The Morgan fingerprint density at radius 3 is 2.34 bits per heavy atom. The number of carbonyl (C=O) groups excluding carboxylic acids is 2. The van der Waals surface area contributed by atoms with Crippen LogP contribution in [-0.2, 0) is 16.0 Å². The van der Waals surface area contributed by atoms with Gasteiger partial charge in [-0.25, -0.2) is 4.98 Å². The third kappa shape index (κ3) is 5.12. The van der Waals surface area contributed by atoms with Crippen molar-refractivity contribution in [2.24, 2.45) is 17.8 Å². The Morgan fingerprint density at radius 1 is 1.14 bits per heavy atom. The Morgan fingerprint density at radius 2 is 1.76 bits per heavy atom. The molecule has 1 heterocycles. The minimum Gasteiger partial charge on any atom is -0.550 e. The highest BCUT2D eigenvalue weighted by atomic mass is 32.1.